The third-order valence-corrected chi connectivity index (χ3v) is 7.91. The molecule has 1 atom stereocenters. The van der Waals surface area contributed by atoms with E-state index in [1.165, 1.54) is 16.6 Å². The molecule has 10 heteroatoms. The molecule has 0 bridgehead atoms. The Kier molecular flexibility index (Phi) is 7.37. The fourth-order valence-electron chi connectivity index (χ4n) is 4.08. The number of morpholine rings is 1. The van der Waals surface area contributed by atoms with Gasteiger partial charge >= 0.3 is 0 Å². The van der Waals surface area contributed by atoms with Crippen molar-refractivity contribution in [1.29, 1.82) is 0 Å². The molecule has 174 valence electrons. The summed E-state index contributed by atoms with van der Waals surface area (Å²) < 4.78 is 46.6. The number of ether oxygens (including phenoxy) is 1. The number of likely N-dealkylation sites (N-methyl/N-ethyl adjacent to an activating group) is 1. The fourth-order valence-corrected chi connectivity index (χ4v) is 5.45. The van der Waals surface area contributed by atoms with Crippen molar-refractivity contribution in [2.24, 2.45) is 0 Å². The van der Waals surface area contributed by atoms with Crippen LogP contribution in [0, 0.1) is 5.82 Å². The average molecular weight is 464 g/mol. The lowest BCUT2D eigenvalue weighted by molar-refractivity contribution is 0.0186. The lowest BCUT2D eigenvalue weighted by atomic mass is 10.0. The van der Waals surface area contributed by atoms with E-state index in [1.807, 2.05) is 13.1 Å². The second kappa shape index (κ2) is 10.2. The lowest BCUT2D eigenvalue weighted by Crippen LogP contribution is -2.47. The first-order valence-electron chi connectivity index (χ1n) is 10.9. The molecule has 2 aliphatic heterocycles. The number of nitrogens with one attached hydrogen (secondary N) is 1. The summed E-state index contributed by atoms with van der Waals surface area (Å²) in [7, 11) is -1.56. The molecule has 2 aromatic rings. The highest BCUT2D eigenvalue weighted by Crippen LogP contribution is 2.24. The van der Waals surface area contributed by atoms with E-state index in [9.17, 15) is 12.8 Å². The van der Waals surface area contributed by atoms with Gasteiger partial charge in [0.1, 0.15) is 16.5 Å². The van der Waals surface area contributed by atoms with Gasteiger partial charge in [0.05, 0.1) is 19.3 Å². The SMILES string of the molecule is CN1CCN(S(=O)(=O)c2ccc(NCC(c3cccc(F)c3)N3CCOCC3)nc2)CC1. The summed E-state index contributed by atoms with van der Waals surface area (Å²) in [5.41, 5.74) is 0.883. The highest BCUT2D eigenvalue weighted by molar-refractivity contribution is 7.89. The molecule has 1 N–H and O–H groups in total. The van der Waals surface area contributed by atoms with Crippen LogP contribution in [0.3, 0.4) is 0 Å². The zero-order valence-electron chi connectivity index (χ0n) is 18.3. The normalized spacial score (nSPS) is 20.2. The molecule has 2 aliphatic rings. The number of hydrogen-bond donors (Lipinski definition) is 1. The molecule has 1 aromatic heterocycles. The number of rotatable bonds is 7. The fraction of sp³-hybridized carbons (Fsp3) is 0.500. The Hall–Kier alpha value is -2.11. The van der Waals surface area contributed by atoms with E-state index in [2.05, 4.69) is 20.1 Å². The molecule has 0 spiro atoms. The Morgan fingerprint density at radius 2 is 1.84 bits per heavy atom. The Morgan fingerprint density at radius 1 is 1.09 bits per heavy atom. The minimum Gasteiger partial charge on any atom is -0.379 e. The summed E-state index contributed by atoms with van der Waals surface area (Å²) in [6, 6.07) is 9.86. The highest BCUT2D eigenvalue weighted by atomic mass is 32.2. The Labute approximate surface area is 189 Å². The minimum atomic E-state index is -3.55. The number of hydrogen-bond acceptors (Lipinski definition) is 7. The number of benzene rings is 1. The van der Waals surface area contributed by atoms with E-state index in [0.717, 1.165) is 31.7 Å². The molecule has 0 amide bonds. The van der Waals surface area contributed by atoms with Gasteiger partial charge in [0.15, 0.2) is 0 Å². The van der Waals surface area contributed by atoms with Crippen LogP contribution in [-0.4, -0.2) is 93.6 Å². The second-order valence-corrected chi connectivity index (χ2v) is 10.1. The van der Waals surface area contributed by atoms with Crippen molar-refractivity contribution >= 4 is 15.8 Å². The Morgan fingerprint density at radius 3 is 2.50 bits per heavy atom. The zero-order chi connectivity index (χ0) is 22.6. The van der Waals surface area contributed by atoms with Crippen molar-refractivity contribution in [3.8, 4) is 0 Å². The molecule has 32 heavy (non-hydrogen) atoms. The van der Waals surface area contributed by atoms with E-state index < -0.39 is 10.0 Å². The molecule has 8 nitrogen and oxygen atoms in total. The summed E-state index contributed by atoms with van der Waals surface area (Å²) in [5.74, 6) is 0.314. The molecule has 0 radical (unpaired) electrons. The van der Waals surface area contributed by atoms with Gasteiger partial charge in [-0.15, -0.1) is 0 Å². The Bertz CT molecular complexity index is 991. The summed E-state index contributed by atoms with van der Waals surface area (Å²) >= 11 is 0. The molecule has 3 heterocycles. The van der Waals surface area contributed by atoms with Gasteiger partial charge in [-0.25, -0.2) is 17.8 Å². The van der Waals surface area contributed by atoms with Gasteiger partial charge in [-0.3, -0.25) is 4.90 Å². The highest BCUT2D eigenvalue weighted by Gasteiger charge is 2.28. The van der Waals surface area contributed by atoms with Crippen molar-refractivity contribution in [3.05, 3.63) is 54.0 Å². The summed E-state index contributed by atoms with van der Waals surface area (Å²) in [5, 5.41) is 3.29. The van der Waals surface area contributed by atoms with Crippen LogP contribution >= 0.6 is 0 Å². The van der Waals surface area contributed by atoms with Gasteiger partial charge in [0, 0.05) is 52.0 Å². The largest absolute Gasteiger partial charge is 0.379 e. The van der Waals surface area contributed by atoms with Crippen molar-refractivity contribution in [2.45, 2.75) is 10.9 Å². The first-order chi connectivity index (χ1) is 15.4. The van der Waals surface area contributed by atoms with Crippen LogP contribution in [0.25, 0.3) is 0 Å². The zero-order valence-corrected chi connectivity index (χ0v) is 19.1. The van der Waals surface area contributed by atoms with E-state index in [-0.39, 0.29) is 16.8 Å². The van der Waals surface area contributed by atoms with Gasteiger partial charge < -0.3 is 15.0 Å². The van der Waals surface area contributed by atoms with Crippen LogP contribution in [0.15, 0.2) is 47.5 Å². The molecule has 0 saturated carbocycles. The summed E-state index contributed by atoms with van der Waals surface area (Å²) in [6.07, 6.45) is 1.40. The first kappa shape index (κ1) is 23.1. The summed E-state index contributed by atoms with van der Waals surface area (Å²) in [6.45, 7) is 5.72. The lowest BCUT2D eigenvalue weighted by Gasteiger charge is -2.35. The number of halogens is 1. The first-order valence-corrected chi connectivity index (χ1v) is 12.3. The second-order valence-electron chi connectivity index (χ2n) is 8.19. The van der Waals surface area contributed by atoms with E-state index in [1.54, 1.807) is 24.3 Å². The monoisotopic (exact) mass is 463 g/mol. The van der Waals surface area contributed by atoms with Crippen molar-refractivity contribution in [1.82, 2.24) is 19.1 Å². The predicted octanol–water partition coefficient (Wildman–Crippen LogP) is 1.64. The maximum absolute atomic E-state index is 13.8. The molecular formula is C22H30FN5O3S. The van der Waals surface area contributed by atoms with Crippen molar-refractivity contribution in [2.75, 3.05) is 71.4 Å². The average Bonchev–Trinajstić information content (AvgIpc) is 2.81. The topological polar surface area (TPSA) is 78.0 Å². The maximum Gasteiger partial charge on any atom is 0.244 e. The van der Waals surface area contributed by atoms with Crippen LogP contribution in [0.5, 0.6) is 0 Å². The van der Waals surface area contributed by atoms with Crippen LogP contribution in [0.4, 0.5) is 10.2 Å². The van der Waals surface area contributed by atoms with Gasteiger partial charge in [-0.05, 0) is 36.9 Å². The van der Waals surface area contributed by atoms with Crippen LogP contribution < -0.4 is 5.32 Å². The molecular weight excluding hydrogens is 433 g/mol. The number of piperazine rings is 1. The molecule has 1 unspecified atom stereocenters. The number of aromatic nitrogens is 1. The summed E-state index contributed by atoms with van der Waals surface area (Å²) in [4.78, 5) is 8.91. The van der Waals surface area contributed by atoms with Crippen LogP contribution in [-0.2, 0) is 14.8 Å². The third kappa shape index (κ3) is 5.44. The number of nitrogens with zero attached hydrogens (tertiary/aromatic N) is 4. The molecule has 4 rings (SSSR count). The van der Waals surface area contributed by atoms with Crippen LogP contribution in [0.1, 0.15) is 11.6 Å². The van der Waals surface area contributed by atoms with Crippen molar-refractivity contribution < 1.29 is 17.5 Å². The Balaban J connectivity index is 1.44. The predicted molar refractivity (Wildman–Crippen MR) is 121 cm³/mol. The third-order valence-electron chi connectivity index (χ3n) is 6.03. The van der Waals surface area contributed by atoms with Crippen molar-refractivity contribution in [3.63, 3.8) is 0 Å². The minimum absolute atomic E-state index is 0.0508. The van der Waals surface area contributed by atoms with Gasteiger partial charge in [-0.2, -0.15) is 4.31 Å². The standard InChI is InChI=1S/C22H30FN5O3S/c1-26-7-9-28(10-8-26)32(29,30)20-5-6-22(24-16-20)25-17-21(27-11-13-31-14-12-27)18-3-2-4-19(23)15-18/h2-6,15-16,21H,7-14,17H2,1H3,(H,24,25). The molecule has 2 saturated heterocycles. The number of pyridine rings is 1. The van der Waals surface area contributed by atoms with Gasteiger partial charge in [0.25, 0.3) is 0 Å². The number of anilines is 1. The van der Waals surface area contributed by atoms with Gasteiger partial charge in [-0.1, -0.05) is 12.1 Å². The van der Waals surface area contributed by atoms with E-state index >= 15 is 0 Å². The smallest absolute Gasteiger partial charge is 0.244 e. The van der Waals surface area contributed by atoms with Crippen LogP contribution in [0.2, 0.25) is 0 Å². The molecule has 0 aliphatic carbocycles. The van der Waals surface area contributed by atoms with Gasteiger partial charge in [0.2, 0.25) is 10.0 Å². The maximum atomic E-state index is 13.8. The molecule has 2 fully saturated rings. The quantitative estimate of drug-likeness (QED) is 0.669. The molecule has 1 aromatic carbocycles. The van der Waals surface area contributed by atoms with E-state index in [4.69, 9.17) is 4.74 Å². The van der Waals surface area contributed by atoms with E-state index in [0.29, 0.717) is 38.7 Å². The number of sulfonamides is 1.